The Labute approximate surface area is 92.8 Å². The highest BCUT2D eigenvalue weighted by Crippen LogP contribution is 2.02. The van der Waals surface area contributed by atoms with Gasteiger partial charge in [0.1, 0.15) is 0 Å². The van der Waals surface area contributed by atoms with Crippen LogP contribution in [0.15, 0.2) is 0 Å². The van der Waals surface area contributed by atoms with Crippen molar-refractivity contribution < 1.29 is 9.84 Å². The SMILES string of the molecule is CCOCCN1CCN(C[C@@H](C)O)CC1. The maximum absolute atomic E-state index is 9.27. The van der Waals surface area contributed by atoms with Crippen LogP contribution in [-0.2, 0) is 4.74 Å². The van der Waals surface area contributed by atoms with Crippen molar-refractivity contribution in [3.8, 4) is 0 Å². The van der Waals surface area contributed by atoms with Gasteiger partial charge >= 0.3 is 0 Å². The fraction of sp³-hybridized carbons (Fsp3) is 1.00. The van der Waals surface area contributed by atoms with Gasteiger partial charge in [-0.15, -0.1) is 0 Å². The van der Waals surface area contributed by atoms with Gasteiger partial charge in [-0.2, -0.15) is 0 Å². The normalized spacial score (nSPS) is 21.8. The van der Waals surface area contributed by atoms with E-state index in [-0.39, 0.29) is 6.10 Å². The number of β-amino-alcohol motifs (C(OH)–C–C–N with tert-alkyl or cyclic N) is 1. The van der Waals surface area contributed by atoms with Crippen LogP contribution in [0.4, 0.5) is 0 Å². The Morgan fingerprint density at radius 3 is 2.33 bits per heavy atom. The molecule has 1 aliphatic heterocycles. The summed E-state index contributed by atoms with van der Waals surface area (Å²) in [6.45, 7) is 11.7. The predicted molar refractivity (Wildman–Crippen MR) is 61.1 cm³/mol. The van der Waals surface area contributed by atoms with E-state index in [1.165, 1.54) is 0 Å². The minimum atomic E-state index is -0.208. The van der Waals surface area contributed by atoms with Gasteiger partial charge in [-0.25, -0.2) is 0 Å². The Balaban J connectivity index is 2.07. The van der Waals surface area contributed by atoms with E-state index in [0.717, 1.165) is 52.5 Å². The molecule has 0 unspecified atom stereocenters. The van der Waals surface area contributed by atoms with Crippen molar-refractivity contribution in [2.24, 2.45) is 0 Å². The van der Waals surface area contributed by atoms with Gasteiger partial charge in [-0.3, -0.25) is 9.80 Å². The first-order valence-corrected chi connectivity index (χ1v) is 5.93. The molecular weight excluding hydrogens is 192 g/mol. The van der Waals surface area contributed by atoms with Crippen LogP contribution in [0.25, 0.3) is 0 Å². The Morgan fingerprint density at radius 2 is 1.80 bits per heavy atom. The average Bonchev–Trinajstić information content (AvgIpc) is 2.20. The van der Waals surface area contributed by atoms with E-state index in [1.807, 2.05) is 13.8 Å². The number of piperazine rings is 1. The minimum Gasteiger partial charge on any atom is -0.392 e. The van der Waals surface area contributed by atoms with Crippen LogP contribution >= 0.6 is 0 Å². The van der Waals surface area contributed by atoms with Gasteiger partial charge < -0.3 is 9.84 Å². The lowest BCUT2D eigenvalue weighted by Crippen LogP contribution is -2.48. The zero-order valence-corrected chi connectivity index (χ0v) is 9.98. The second-order valence-corrected chi connectivity index (χ2v) is 4.19. The Morgan fingerprint density at radius 1 is 1.20 bits per heavy atom. The molecule has 0 aromatic rings. The average molecular weight is 216 g/mol. The molecule has 15 heavy (non-hydrogen) atoms. The van der Waals surface area contributed by atoms with E-state index in [9.17, 15) is 5.11 Å². The van der Waals surface area contributed by atoms with Crippen LogP contribution in [0, 0.1) is 0 Å². The molecule has 1 heterocycles. The van der Waals surface area contributed by atoms with E-state index in [4.69, 9.17) is 4.74 Å². The Bertz CT molecular complexity index is 157. The second-order valence-electron chi connectivity index (χ2n) is 4.19. The van der Waals surface area contributed by atoms with Crippen LogP contribution in [0.2, 0.25) is 0 Å². The van der Waals surface area contributed by atoms with Crippen molar-refractivity contribution in [3.05, 3.63) is 0 Å². The lowest BCUT2D eigenvalue weighted by Gasteiger charge is -2.35. The number of aliphatic hydroxyl groups excluding tert-OH is 1. The number of nitrogens with zero attached hydrogens (tertiary/aromatic N) is 2. The van der Waals surface area contributed by atoms with E-state index in [2.05, 4.69) is 9.80 Å². The molecule has 1 N–H and O–H groups in total. The number of rotatable bonds is 6. The number of ether oxygens (including phenoxy) is 1. The molecule has 1 aliphatic rings. The molecule has 1 fully saturated rings. The van der Waals surface area contributed by atoms with Gasteiger partial charge in [0.25, 0.3) is 0 Å². The fourth-order valence-corrected chi connectivity index (χ4v) is 1.91. The summed E-state index contributed by atoms with van der Waals surface area (Å²) in [6.07, 6.45) is -0.208. The molecule has 1 rings (SSSR count). The first kappa shape index (κ1) is 12.9. The van der Waals surface area contributed by atoms with Crippen LogP contribution in [0.1, 0.15) is 13.8 Å². The summed E-state index contributed by atoms with van der Waals surface area (Å²) in [5, 5.41) is 9.27. The molecular formula is C11H24N2O2. The summed E-state index contributed by atoms with van der Waals surface area (Å²) >= 11 is 0. The monoisotopic (exact) mass is 216 g/mol. The zero-order valence-electron chi connectivity index (χ0n) is 9.98. The molecule has 0 aromatic heterocycles. The molecule has 4 nitrogen and oxygen atoms in total. The maximum Gasteiger partial charge on any atom is 0.0639 e. The number of hydrogen-bond acceptors (Lipinski definition) is 4. The summed E-state index contributed by atoms with van der Waals surface area (Å²) in [5.74, 6) is 0. The Kier molecular flexibility index (Phi) is 6.17. The highest BCUT2D eigenvalue weighted by Gasteiger charge is 2.17. The molecule has 90 valence electrons. The molecule has 0 bridgehead atoms. The minimum absolute atomic E-state index is 0.208. The van der Waals surface area contributed by atoms with Crippen LogP contribution in [0.5, 0.6) is 0 Å². The van der Waals surface area contributed by atoms with Crippen molar-refractivity contribution >= 4 is 0 Å². The summed E-state index contributed by atoms with van der Waals surface area (Å²) in [5.41, 5.74) is 0. The maximum atomic E-state index is 9.27. The topological polar surface area (TPSA) is 35.9 Å². The summed E-state index contributed by atoms with van der Waals surface area (Å²) in [4.78, 5) is 4.75. The number of aliphatic hydroxyl groups is 1. The van der Waals surface area contributed by atoms with Gasteiger partial charge in [-0.1, -0.05) is 0 Å². The third-order valence-electron chi connectivity index (χ3n) is 2.74. The van der Waals surface area contributed by atoms with E-state index in [1.54, 1.807) is 0 Å². The smallest absolute Gasteiger partial charge is 0.0639 e. The van der Waals surface area contributed by atoms with E-state index >= 15 is 0 Å². The van der Waals surface area contributed by atoms with Gasteiger partial charge in [0.05, 0.1) is 12.7 Å². The van der Waals surface area contributed by atoms with Crippen LogP contribution in [-0.4, -0.2) is 73.5 Å². The highest BCUT2D eigenvalue weighted by atomic mass is 16.5. The third-order valence-corrected chi connectivity index (χ3v) is 2.74. The lowest BCUT2D eigenvalue weighted by molar-refractivity contribution is 0.0599. The van der Waals surface area contributed by atoms with Crippen LogP contribution < -0.4 is 0 Å². The first-order chi connectivity index (χ1) is 7.22. The lowest BCUT2D eigenvalue weighted by atomic mass is 10.3. The van der Waals surface area contributed by atoms with Crippen LogP contribution in [0.3, 0.4) is 0 Å². The summed E-state index contributed by atoms with van der Waals surface area (Å²) in [6, 6.07) is 0. The molecule has 0 amide bonds. The van der Waals surface area contributed by atoms with Crippen molar-refractivity contribution in [3.63, 3.8) is 0 Å². The largest absolute Gasteiger partial charge is 0.392 e. The number of hydrogen-bond donors (Lipinski definition) is 1. The highest BCUT2D eigenvalue weighted by molar-refractivity contribution is 4.72. The van der Waals surface area contributed by atoms with Crippen molar-refractivity contribution in [1.29, 1.82) is 0 Å². The first-order valence-electron chi connectivity index (χ1n) is 5.93. The molecule has 0 radical (unpaired) electrons. The standard InChI is InChI=1S/C11H24N2O2/c1-3-15-9-8-12-4-6-13(7-5-12)10-11(2)14/h11,14H,3-10H2,1-2H3/t11-/m1/s1. The second kappa shape index (κ2) is 7.17. The van der Waals surface area contributed by atoms with Crippen molar-refractivity contribution in [1.82, 2.24) is 9.80 Å². The summed E-state index contributed by atoms with van der Waals surface area (Å²) < 4.78 is 5.33. The van der Waals surface area contributed by atoms with Gasteiger partial charge in [0, 0.05) is 45.9 Å². The van der Waals surface area contributed by atoms with Gasteiger partial charge in [0.2, 0.25) is 0 Å². The fourth-order valence-electron chi connectivity index (χ4n) is 1.91. The van der Waals surface area contributed by atoms with Gasteiger partial charge in [-0.05, 0) is 13.8 Å². The molecule has 0 aliphatic carbocycles. The van der Waals surface area contributed by atoms with Crippen molar-refractivity contribution in [2.75, 3.05) is 52.5 Å². The molecule has 4 heteroatoms. The van der Waals surface area contributed by atoms with E-state index < -0.39 is 0 Å². The van der Waals surface area contributed by atoms with Gasteiger partial charge in [0.15, 0.2) is 0 Å². The quantitative estimate of drug-likeness (QED) is 0.635. The Hall–Kier alpha value is -0.160. The summed E-state index contributed by atoms with van der Waals surface area (Å²) in [7, 11) is 0. The third kappa shape index (κ3) is 5.47. The predicted octanol–water partition coefficient (Wildman–Crippen LogP) is 0.0213. The zero-order chi connectivity index (χ0) is 11.1. The molecule has 0 saturated carbocycles. The molecule has 0 aromatic carbocycles. The molecule has 1 atom stereocenters. The molecule has 1 saturated heterocycles. The molecule has 0 spiro atoms. The van der Waals surface area contributed by atoms with Crippen molar-refractivity contribution in [2.45, 2.75) is 20.0 Å². The van der Waals surface area contributed by atoms with E-state index in [0.29, 0.717) is 0 Å².